The van der Waals surface area contributed by atoms with Gasteiger partial charge in [0.2, 0.25) is 0 Å². The standard InChI is InChI=1S/C16H14N2O2S/c1-12-14-9-5-6-10-15(14)17-16(18(12)19)11-21(20)13-7-3-2-4-8-13/h2-10H,11H2,1H3/t21-/m0/s1. The highest BCUT2D eigenvalue weighted by Gasteiger charge is 2.18. The summed E-state index contributed by atoms with van der Waals surface area (Å²) in [5.74, 6) is 0.396. The summed E-state index contributed by atoms with van der Waals surface area (Å²) in [5.41, 5.74) is 1.34. The van der Waals surface area contributed by atoms with E-state index in [1.165, 1.54) is 0 Å². The van der Waals surface area contributed by atoms with E-state index < -0.39 is 10.8 Å². The third-order valence-corrected chi connectivity index (χ3v) is 4.67. The zero-order valence-corrected chi connectivity index (χ0v) is 12.3. The van der Waals surface area contributed by atoms with Crippen molar-refractivity contribution >= 4 is 21.7 Å². The minimum atomic E-state index is -1.28. The predicted molar refractivity (Wildman–Crippen MR) is 82.0 cm³/mol. The number of hydrogen-bond acceptors (Lipinski definition) is 3. The highest BCUT2D eigenvalue weighted by Crippen LogP contribution is 2.15. The number of para-hydroxylation sites is 1. The Balaban J connectivity index is 2.01. The molecular formula is C16H14N2O2S. The van der Waals surface area contributed by atoms with Gasteiger partial charge in [-0.2, -0.15) is 0 Å². The van der Waals surface area contributed by atoms with Crippen LogP contribution in [0.2, 0.25) is 0 Å². The molecule has 0 aliphatic carbocycles. The Hall–Kier alpha value is -2.27. The van der Waals surface area contributed by atoms with Gasteiger partial charge in [0.1, 0.15) is 11.4 Å². The molecule has 3 rings (SSSR count). The molecule has 3 aromatic rings. The molecule has 1 aromatic heterocycles. The van der Waals surface area contributed by atoms with Gasteiger partial charge in [0, 0.05) is 4.90 Å². The van der Waals surface area contributed by atoms with Crippen LogP contribution in [0.5, 0.6) is 0 Å². The molecule has 0 bridgehead atoms. The zero-order chi connectivity index (χ0) is 14.8. The second-order valence-corrected chi connectivity index (χ2v) is 6.18. The van der Waals surface area contributed by atoms with Gasteiger partial charge in [-0.05, 0) is 36.2 Å². The number of fused-ring (bicyclic) bond motifs is 1. The molecule has 1 atom stereocenters. The fourth-order valence-corrected chi connectivity index (χ4v) is 3.27. The van der Waals surface area contributed by atoms with E-state index in [-0.39, 0.29) is 11.6 Å². The van der Waals surface area contributed by atoms with E-state index in [0.717, 1.165) is 15.6 Å². The summed E-state index contributed by atoms with van der Waals surface area (Å²) in [5, 5.41) is 13.1. The van der Waals surface area contributed by atoms with E-state index in [2.05, 4.69) is 4.98 Å². The van der Waals surface area contributed by atoms with Crippen LogP contribution in [0.3, 0.4) is 0 Å². The summed E-state index contributed by atoms with van der Waals surface area (Å²) in [6.07, 6.45) is 0. The van der Waals surface area contributed by atoms with Gasteiger partial charge >= 0.3 is 5.82 Å². The van der Waals surface area contributed by atoms with Crippen molar-refractivity contribution in [2.75, 3.05) is 0 Å². The molecule has 21 heavy (non-hydrogen) atoms. The Labute approximate surface area is 125 Å². The second-order valence-electron chi connectivity index (χ2n) is 4.73. The lowest BCUT2D eigenvalue weighted by Gasteiger charge is -2.11. The molecule has 0 radical (unpaired) electrons. The van der Waals surface area contributed by atoms with Gasteiger partial charge in [-0.25, -0.2) is 4.73 Å². The highest BCUT2D eigenvalue weighted by molar-refractivity contribution is 7.84. The fraction of sp³-hybridized carbons (Fsp3) is 0.125. The molecule has 0 N–H and O–H groups in total. The highest BCUT2D eigenvalue weighted by atomic mass is 32.2. The van der Waals surface area contributed by atoms with Crippen molar-refractivity contribution in [1.82, 2.24) is 4.98 Å². The van der Waals surface area contributed by atoms with E-state index in [1.807, 2.05) is 42.5 Å². The maximum Gasteiger partial charge on any atom is 0.315 e. The van der Waals surface area contributed by atoms with Gasteiger partial charge in [-0.1, -0.05) is 30.3 Å². The van der Waals surface area contributed by atoms with E-state index in [0.29, 0.717) is 10.6 Å². The monoisotopic (exact) mass is 298 g/mol. The van der Waals surface area contributed by atoms with Crippen LogP contribution in [0.25, 0.3) is 10.9 Å². The van der Waals surface area contributed by atoms with Crippen molar-refractivity contribution in [3.63, 3.8) is 0 Å². The third-order valence-electron chi connectivity index (χ3n) is 3.35. The first-order valence-corrected chi connectivity index (χ1v) is 7.90. The fourth-order valence-electron chi connectivity index (χ4n) is 2.23. The first-order chi connectivity index (χ1) is 10.2. The van der Waals surface area contributed by atoms with E-state index >= 15 is 0 Å². The van der Waals surface area contributed by atoms with Crippen LogP contribution >= 0.6 is 0 Å². The van der Waals surface area contributed by atoms with Crippen LogP contribution in [0, 0.1) is 12.1 Å². The van der Waals surface area contributed by atoms with Gasteiger partial charge in [-0.3, -0.25) is 4.21 Å². The quantitative estimate of drug-likeness (QED) is 0.551. The van der Waals surface area contributed by atoms with Gasteiger partial charge in [0.25, 0.3) is 0 Å². The normalized spacial score (nSPS) is 12.4. The minimum absolute atomic E-state index is 0.110. The van der Waals surface area contributed by atoms with Crippen molar-refractivity contribution in [1.29, 1.82) is 0 Å². The Morgan fingerprint density at radius 2 is 1.76 bits per heavy atom. The molecule has 0 aliphatic heterocycles. The lowest BCUT2D eigenvalue weighted by Crippen LogP contribution is -2.37. The Bertz CT molecular complexity index is 819. The number of aryl methyl sites for hydroxylation is 1. The largest absolute Gasteiger partial charge is 0.711 e. The van der Waals surface area contributed by atoms with Crippen molar-refractivity contribution < 1.29 is 8.94 Å². The summed E-state index contributed by atoms with van der Waals surface area (Å²) in [6, 6.07) is 16.6. The lowest BCUT2D eigenvalue weighted by atomic mass is 10.2. The summed E-state index contributed by atoms with van der Waals surface area (Å²) in [7, 11) is -1.28. The lowest BCUT2D eigenvalue weighted by molar-refractivity contribution is -0.621. The summed E-state index contributed by atoms with van der Waals surface area (Å²) < 4.78 is 13.1. The average Bonchev–Trinajstić information content (AvgIpc) is 2.53. The SMILES string of the molecule is Cc1c2ccccc2nc(C[S@](=O)c2ccccc2)[n+]1[O-]. The van der Waals surface area contributed by atoms with Crippen molar-refractivity contribution in [3.05, 3.63) is 71.3 Å². The number of nitrogens with zero attached hydrogens (tertiary/aromatic N) is 2. The molecule has 0 amide bonds. The summed E-state index contributed by atoms with van der Waals surface area (Å²) in [4.78, 5) is 5.06. The Morgan fingerprint density at radius 1 is 1.10 bits per heavy atom. The molecule has 0 saturated carbocycles. The second kappa shape index (κ2) is 5.61. The first kappa shape index (κ1) is 13.7. The summed E-state index contributed by atoms with van der Waals surface area (Å²) in [6.45, 7) is 1.76. The number of hydrogen-bond donors (Lipinski definition) is 0. The minimum Gasteiger partial charge on any atom is -0.711 e. The van der Waals surface area contributed by atoms with Gasteiger partial charge in [0.15, 0.2) is 5.52 Å². The third kappa shape index (κ3) is 2.64. The van der Waals surface area contributed by atoms with Gasteiger partial charge < -0.3 is 5.21 Å². The molecule has 106 valence electrons. The van der Waals surface area contributed by atoms with Crippen LogP contribution in [0.4, 0.5) is 0 Å². The topological polar surface area (TPSA) is 56.9 Å². The number of rotatable bonds is 3. The van der Waals surface area contributed by atoms with E-state index in [9.17, 15) is 9.42 Å². The molecule has 0 spiro atoms. The van der Waals surface area contributed by atoms with Crippen LogP contribution in [-0.2, 0) is 16.6 Å². The zero-order valence-electron chi connectivity index (χ0n) is 11.5. The first-order valence-electron chi connectivity index (χ1n) is 6.58. The molecule has 0 fully saturated rings. The van der Waals surface area contributed by atoms with E-state index in [1.54, 1.807) is 19.1 Å². The molecular weight excluding hydrogens is 284 g/mol. The van der Waals surface area contributed by atoms with Crippen molar-refractivity contribution in [3.8, 4) is 0 Å². The van der Waals surface area contributed by atoms with Gasteiger partial charge in [-0.15, -0.1) is 0 Å². The molecule has 0 unspecified atom stereocenters. The van der Waals surface area contributed by atoms with Crippen LogP contribution in [0.1, 0.15) is 11.5 Å². The van der Waals surface area contributed by atoms with Crippen molar-refractivity contribution in [2.45, 2.75) is 17.6 Å². The van der Waals surface area contributed by atoms with Crippen molar-refractivity contribution in [2.24, 2.45) is 0 Å². The molecule has 2 aromatic carbocycles. The van der Waals surface area contributed by atoms with E-state index in [4.69, 9.17) is 0 Å². The molecule has 1 heterocycles. The molecule has 0 saturated heterocycles. The van der Waals surface area contributed by atoms with Crippen LogP contribution in [0.15, 0.2) is 59.5 Å². The van der Waals surface area contributed by atoms with Gasteiger partial charge in [0.05, 0.1) is 16.2 Å². The smallest absolute Gasteiger partial charge is 0.315 e. The molecule has 5 heteroatoms. The predicted octanol–water partition coefficient (Wildman–Crippen LogP) is 2.48. The molecule has 4 nitrogen and oxygen atoms in total. The number of benzene rings is 2. The number of aromatic nitrogens is 2. The maximum atomic E-state index is 12.3. The maximum absolute atomic E-state index is 12.3. The molecule has 0 aliphatic rings. The Kier molecular flexibility index (Phi) is 3.66. The van der Waals surface area contributed by atoms with Crippen LogP contribution in [-0.4, -0.2) is 9.19 Å². The van der Waals surface area contributed by atoms with Crippen LogP contribution < -0.4 is 4.73 Å². The Morgan fingerprint density at radius 3 is 2.52 bits per heavy atom. The summed E-state index contributed by atoms with van der Waals surface area (Å²) >= 11 is 0. The average molecular weight is 298 g/mol.